The minimum Gasteiger partial charge on any atom is -0.277 e. The molecule has 3 aliphatic carbocycles. The van der Waals surface area contributed by atoms with Crippen molar-refractivity contribution in [2.24, 2.45) is 28.7 Å². The van der Waals surface area contributed by atoms with Crippen LogP contribution in [0.15, 0.2) is 75.4 Å². The van der Waals surface area contributed by atoms with E-state index in [9.17, 15) is 0 Å². The predicted molar refractivity (Wildman–Crippen MR) is 149 cm³/mol. The Morgan fingerprint density at radius 2 is 1.91 bits per heavy atom. The fourth-order valence-corrected chi connectivity index (χ4v) is 6.20. The topological polar surface area (TPSA) is 12.4 Å². The van der Waals surface area contributed by atoms with Crippen LogP contribution < -0.4 is 0 Å². The SMILES string of the molecule is CC=C/C=C/C1=NC2C(C3CC3)=CC(C3=CCCC(CC)C3)=CC2=C(CCC(CC)C(C)C)C1. The van der Waals surface area contributed by atoms with E-state index in [2.05, 4.69) is 77.2 Å². The van der Waals surface area contributed by atoms with Gasteiger partial charge in [0.25, 0.3) is 0 Å². The van der Waals surface area contributed by atoms with Crippen molar-refractivity contribution in [1.82, 2.24) is 0 Å². The Morgan fingerprint density at radius 3 is 2.59 bits per heavy atom. The van der Waals surface area contributed by atoms with Crippen molar-refractivity contribution in [3.8, 4) is 0 Å². The summed E-state index contributed by atoms with van der Waals surface area (Å²) in [6.45, 7) is 11.6. The molecule has 184 valence electrons. The van der Waals surface area contributed by atoms with Crippen LogP contribution in [0.1, 0.15) is 98.8 Å². The molecule has 0 aromatic rings. The van der Waals surface area contributed by atoms with Crippen LogP contribution in [0.5, 0.6) is 0 Å². The third-order valence-corrected chi connectivity index (χ3v) is 8.69. The summed E-state index contributed by atoms with van der Waals surface area (Å²) in [5.41, 5.74) is 9.22. The average molecular weight is 458 g/mol. The fraction of sp³-hybridized carbons (Fsp3) is 0.606. The van der Waals surface area contributed by atoms with Crippen LogP contribution >= 0.6 is 0 Å². The molecule has 0 spiro atoms. The second-order valence-electron chi connectivity index (χ2n) is 11.4. The lowest BCUT2D eigenvalue weighted by Gasteiger charge is -2.33. The summed E-state index contributed by atoms with van der Waals surface area (Å²) in [5.74, 6) is 3.17. The highest BCUT2D eigenvalue weighted by atomic mass is 14.8. The molecule has 0 aromatic carbocycles. The lowest BCUT2D eigenvalue weighted by molar-refractivity contribution is 0.348. The summed E-state index contributed by atoms with van der Waals surface area (Å²) in [6, 6.07) is 0.260. The molecule has 4 rings (SSSR count). The highest BCUT2D eigenvalue weighted by Gasteiger charge is 2.37. The lowest BCUT2D eigenvalue weighted by Crippen LogP contribution is -2.25. The maximum Gasteiger partial charge on any atom is 0.0968 e. The van der Waals surface area contributed by atoms with E-state index in [1.807, 2.05) is 0 Å². The molecule has 0 radical (unpaired) electrons. The van der Waals surface area contributed by atoms with Gasteiger partial charge >= 0.3 is 0 Å². The largest absolute Gasteiger partial charge is 0.277 e. The molecule has 1 nitrogen and oxygen atoms in total. The molecule has 4 aliphatic rings. The van der Waals surface area contributed by atoms with E-state index in [0.717, 1.165) is 30.1 Å². The zero-order valence-electron chi connectivity index (χ0n) is 22.4. The summed E-state index contributed by atoms with van der Waals surface area (Å²) < 4.78 is 0. The molecule has 0 bridgehead atoms. The summed E-state index contributed by atoms with van der Waals surface area (Å²) >= 11 is 0. The van der Waals surface area contributed by atoms with Crippen LogP contribution in [0.3, 0.4) is 0 Å². The first kappa shape index (κ1) is 25.2. The van der Waals surface area contributed by atoms with Crippen LogP contribution in [0.4, 0.5) is 0 Å². The molecule has 1 fully saturated rings. The van der Waals surface area contributed by atoms with E-state index in [1.54, 1.807) is 22.3 Å². The van der Waals surface area contributed by atoms with Gasteiger partial charge in [0.05, 0.1) is 6.04 Å². The molecule has 0 amide bonds. The summed E-state index contributed by atoms with van der Waals surface area (Å²) in [4.78, 5) is 5.37. The van der Waals surface area contributed by atoms with Crippen molar-refractivity contribution in [2.75, 3.05) is 0 Å². The number of hydrogen-bond donors (Lipinski definition) is 0. The molecule has 1 heterocycles. The lowest BCUT2D eigenvalue weighted by atomic mass is 9.76. The Kier molecular flexibility index (Phi) is 8.67. The second-order valence-corrected chi connectivity index (χ2v) is 11.4. The van der Waals surface area contributed by atoms with Crippen LogP contribution in [0.25, 0.3) is 0 Å². The van der Waals surface area contributed by atoms with Gasteiger partial charge in [-0.05, 0) is 110 Å². The van der Waals surface area contributed by atoms with Crippen molar-refractivity contribution in [3.05, 3.63) is 70.4 Å². The first-order valence-electron chi connectivity index (χ1n) is 14.2. The third-order valence-electron chi connectivity index (χ3n) is 8.69. The molecular formula is C33H47N. The van der Waals surface area contributed by atoms with Crippen LogP contribution in [0.2, 0.25) is 0 Å². The molecule has 34 heavy (non-hydrogen) atoms. The number of fused-ring (bicyclic) bond motifs is 1. The number of rotatable bonds is 10. The number of hydrogen-bond acceptors (Lipinski definition) is 1. The monoisotopic (exact) mass is 457 g/mol. The van der Waals surface area contributed by atoms with Crippen LogP contribution in [-0.2, 0) is 0 Å². The van der Waals surface area contributed by atoms with Gasteiger partial charge < -0.3 is 0 Å². The summed E-state index contributed by atoms with van der Waals surface area (Å²) in [7, 11) is 0. The van der Waals surface area contributed by atoms with Crippen molar-refractivity contribution >= 4 is 5.71 Å². The predicted octanol–water partition coefficient (Wildman–Crippen LogP) is 9.50. The second kappa shape index (κ2) is 11.7. The Hall–Kier alpha value is -1.89. The fourth-order valence-electron chi connectivity index (χ4n) is 6.20. The molecule has 1 aliphatic heterocycles. The Bertz CT molecular complexity index is 941. The van der Waals surface area contributed by atoms with E-state index in [-0.39, 0.29) is 6.04 Å². The van der Waals surface area contributed by atoms with Gasteiger partial charge in [-0.15, -0.1) is 0 Å². The number of aliphatic imine (C=N–C) groups is 1. The quantitative estimate of drug-likeness (QED) is 0.290. The smallest absolute Gasteiger partial charge is 0.0968 e. The first-order valence-corrected chi connectivity index (χ1v) is 14.2. The van der Waals surface area contributed by atoms with Crippen molar-refractivity contribution in [3.63, 3.8) is 0 Å². The highest BCUT2D eigenvalue weighted by Crippen LogP contribution is 2.47. The van der Waals surface area contributed by atoms with Gasteiger partial charge in [-0.1, -0.05) is 76.5 Å². The van der Waals surface area contributed by atoms with E-state index < -0.39 is 0 Å². The minimum atomic E-state index is 0.260. The van der Waals surface area contributed by atoms with Gasteiger partial charge in [0.2, 0.25) is 0 Å². The van der Waals surface area contributed by atoms with Crippen LogP contribution in [-0.4, -0.2) is 11.8 Å². The Balaban J connectivity index is 1.70. The van der Waals surface area contributed by atoms with Crippen molar-refractivity contribution in [2.45, 2.75) is 105 Å². The molecule has 3 unspecified atom stereocenters. The Labute approximate surface area is 209 Å². The summed E-state index contributed by atoms with van der Waals surface area (Å²) in [5, 5.41) is 0. The van der Waals surface area contributed by atoms with Crippen molar-refractivity contribution in [1.29, 1.82) is 0 Å². The van der Waals surface area contributed by atoms with Gasteiger partial charge in [-0.25, -0.2) is 0 Å². The molecular weight excluding hydrogens is 410 g/mol. The van der Waals surface area contributed by atoms with Gasteiger partial charge in [-0.2, -0.15) is 0 Å². The number of dihydropyridines is 1. The van der Waals surface area contributed by atoms with Gasteiger partial charge in [0.1, 0.15) is 0 Å². The van der Waals surface area contributed by atoms with E-state index in [1.165, 1.54) is 69.1 Å². The number of allylic oxidation sites excluding steroid dienone is 9. The average Bonchev–Trinajstić information content (AvgIpc) is 3.69. The molecule has 1 heteroatoms. The molecule has 0 N–H and O–H groups in total. The highest BCUT2D eigenvalue weighted by molar-refractivity contribution is 5.98. The molecule has 1 saturated carbocycles. The molecule has 0 aromatic heterocycles. The standard InChI is InChI=1S/C33H47N/c1-6-9-10-14-30-20-28(18-15-25(8-3)23(4)5)32-22-29(27-13-11-12-24(7-2)19-27)21-31(26-16-17-26)33(32)34-30/h6,9-10,13-14,21-26,33H,7-8,11-12,15-20H2,1-5H3/b9-6?,14-10+. The van der Waals surface area contributed by atoms with E-state index in [4.69, 9.17) is 4.99 Å². The zero-order chi connectivity index (χ0) is 24.1. The van der Waals surface area contributed by atoms with Gasteiger partial charge in [-0.3, -0.25) is 4.99 Å². The third kappa shape index (κ3) is 6.02. The normalized spacial score (nSPS) is 26.5. The maximum absolute atomic E-state index is 5.37. The molecule has 3 atom stereocenters. The summed E-state index contributed by atoms with van der Waals surface area (Å²) in [6.07, 6.45) is 29.0. The van der Waals surface area contributed by atoms with Crippen molar-refractivity contribution < 1.29 is 0 Å². The maximum atomic E-state index is 5.37. The zero-order valence-corrected chi connectivity index (χ0v) is 22.4. The number of nitrogens with zero attached hydrogens (tertiary/aromatic N) is 1. The first-order chi connectivity index (χ1) is 16.5. The van der Waals surface area contributed by atoms with Gasteiger partial charge in [0.15, 0.2) is 0 Å². The van der Waals surface area contributed by atoms with Crippen LogP contribution in [0, 0.1) is 23.7 Å². The minimum absolute atomic E-state index is 0.260. The molecule has 0 saturated heterocycles. The van der Waals surface area contributed by atoms with E-state index in [0.29, 0.717) is 0 Å². The van der Waals surface area contributed by atoms with Gasteiger partial charge in [0, 0.05) is 12.1 Å². The van der Waals surface area contributed by atoms with E-state index >= 15 is 0 Å². The Morgan fingerprint density at radius 1 is 1.09 bits per heavy atom.